The molecule has 0 saturated heterocycles. The summed E-state index contributed by atoms with van der Waals surface area (Å²) in [4.78, 5) is 21.6. The van der Waals surface area contributed by atoms with Gasteiger partial charge in [-0.05, 0) is 42.5 Å². The second-order valence-electron chi connectivity index (χ2n) is 6.28. The number of amidine groups is 1. The molecule has 0 unspecified atom stereocenters. The number of carbonyl (C=O) groups is 1. The molecule has 0 aliphatic carbocycles. The number of nitrogens with two attached hydrogens (primary N) is 1. The van der Waals surface area contributed by atoms with Crippen molar-refractivity contribution in [2.45, 2.75) is 9.79 Å². The molecule has 0 atom stereocenters. The summed E-state index contributed by atoms with van der Waals surface area (Å²) in [5.41, 5.74) is 8.02. The Labute approximate surface area is 178 Å². The van der Waals surface area contributed by atoms with Crippen molar-refractivity contribution in [2.75, 3.05) is 19.1 Å². The van der Waals surface area contributed by atoms with E-state index in [1.807, 2.05) is 48.5 Å². The average molecular weight is 421 g/mol. The van der Waals surface area contributed by atoms with Crippen LogP contribution in [0.1, 0.15) is 5.56 Å². The molecule has 0 bridgehead atoms. The Bertz CT molecular complexity index is 1090. The average Bonchev–Trinajstić information content (AvgIpc) is 2.80. The standard InChI is InChI=1S/C22H19N3O4S/c1-27-17-12-11-14(13-18(17)28-2)21(23)24-29-22(26)25-15-7-3-5-9-19(15)30-20-10-6-4-8-16(20)25/h3-13H,1-2H3,(H2,23,24). The van der Waals surface area contributed by atoms with Gasteiger partial charge in [0.25, 0.3) is 0 Å². The molecule has 1 aliphatic heterocycles. The lowest BCUT2D eigenvalue weighted by atomic mass is 10.2. The molecule has 3 aromatic carbocycles. The van der Waals surface area contributed by atoms with Crippen molar-refractivity contribution < 1.29 is 19.1 Å². The summed E-state index contributed by atoms with van der Waals surface area (Å²) in [6, 6.07) is 20.3. The summed E-state index contributed by atoms with van der Waals surface area (Å²) in [6.45, 7) is 0. The van der Waals surface area contributed by atoms with E-state index in [1.165, 1.54) is 12.0 Å². The van der Waals surface area contributed by atoms with E-state index in [4.69, 9.17) is 20.0 Å². The first-order valence-electron chi connectivity index (χ1n) is 9.05. The topological polar surface area (TPSA) is 86.4 Å². The second-order valence-corrected chi connectivity index (χ2v) is 7.36. The Morgan fingerprint density at radius 1 is 0.900 bits per heavy atom. The SMILES string of the molecule is COc1ccc(C(N)=NOC(=O)N2c3ccccc3Sc3ccccc32)cc1OC. The van der Waals surface area contributed by atoms with Crippen LogP contribution in [0.3, 0.4) is 0 Å². The van der Waals surface area contributed by atoms with Gasteiger partial charge in [-0.1, -0.05) is 41.2 Å². The molecule has 4 rings (SSSR count). The van der Waals surface area contributed by atoms with Crippen molar-refractivity contribution in [1.82, 2.24) is 0 Å². The summed E-state index contributed by atoms with van der Waals surface area (Å²) < 4.78 is 10.5. The first-order valence-corrected chi connectivity index (χ1v) is 9.87. The fourth-order valence-electron chi connectivity index (χ4n) is 3.08. The number of carbonyl (C=O) groups excluding carboxylic acids is 1. The Kier molecular flexibility index (Phi) is 5.49. The van der Waals surface area contributed by atoms with Crippen LogP contribution in [-0.2, 0) is 4.84 Å². The molecular formula is C22H19N3O4S. The van der Waals surface area contributed by atoms with Gasteiger partial charge in [0, 0.05) is 15.4 Å². The van der Waals surface area contributed by atoms with Gasteiger partial charge in [-0.3, -0.25) is 4.84 Å². The van der Waals surface area contributed by atoms with Gasteiger partial charge in [-0.15, -0.1) is 0 Å². The van der Waals surface area contributed by atoms with Crippen LogP contribution in [0.4, 0.5) is 16.2 Å². The minimum Gasteiger partial charge on any atom is -0.493 e. The molecule has 1 amide bonds. The molecule has 30 heavy (non-hydrogen) atoms. The van der Waals surface area contributed by atoms with Gasteiger partial charge in [0.1, 0.15) is 0 Å². The van der Waals surface area contributed by atoms with Crippen molar-refractivity contribution in [2.24, 2.45) is 10.9 Å². The number of hydrogen-bond donors (Lipinski definition) is 1. The van der Waals surface area contributed by atoms with Crippen molar-refractivity contribution in [1.29, 1.82) is 0 Å². The lowest BCUT2D eigenvalue weighted by Gasteiger charge is -2.29. The van der Waals surface area contributed by atoms with Gasteiger partial charge in [0.05, 0.1) is 25.6 Å². The van der Waals surface area contributed by atoms with Crippen LogP contribution < -0.4 is 20.1 Å². The number of benzene rings is 3. The van der Waals surface area contributed by atoms with E-state index in [9.17, 15) is 4.79 Å². The maximum atomic E-state index is 13.0. The molecule has 1 heterocycles. The quantitative estimate of drug-likeness (QED) is 0.283. The molecule has 8 heteroatoms. The number of para-hydroxylation sites is 2. The number of hydrogen-bond acceptors (Lipinski definition) is 6. The van der Waals surface area contributed by atoms with E-state index in [0.29, 0.717) is 17.1 Å². The van der Waals surface area contributed by atoms with Crippen LogP contribution >= 0.6 is 11.8 Å². The first kappa shape index (κ1) is 19.7. The number of oxime groups is 1. The van der Waals surface area contributed by atoms with Crippen molar-refractivity contribution in [3.63, 3.8) is 0 Å². The van der Waals surface area contributed by atoms with Gasteiger partial charge in [0.15, 0.2) is 17.3 Å². The molecule has 0 radical (unpaired) electrons. The van der Waals surface area contributed by atoms with E-state index >= 15 is 0 Å². The normalized spacial score (nSPS) is 12.6. The zero-order valence-corrected chi connectivity index (χ0v) is 17.2. The number of nitrogens with zero attached hydrogens (tertiary/aromatic N) is 2. The number of ether oxygens (including phenoxy) is 2. The summed E-state index contributed by atoms with van der Waals surface area (Å²) in [5, 5.41) is 3.85. The highest BCUT2D eigenvalue weighted by atomic mass is 32.2. The van der Waals surface area contributed by atoms with Crippen molar-refractivity contribution >= 4 is 35.1 Å². The minimum atomic E-state index is -0.654. The summed E-state index contributed by atoms with van der Waals surface area (Å²) in [6.07, 6.45) is -0.654. The van der Waals surface area contributed by atoms with E-state index in [1.54, 1.807) is 37.1 Å². The monoisotopic (exact) mass is 421 g/mol. The first-order chi connectivity index (χ1) is 14.6. The van der Waals surface area contributed by atoms with Crippen LogP contribution in [0, 0.1) is 0 Å². The summed E-state index contributed by atoms with van der Waals surface area (Å²) in [7, 11) is 3.07. The summed E-state index contributed by atoms with van der Waals surface area (Å²) in [5.74, 6) is 1.10. The molecule has 3 aromatic rings. The lowest BCUT2D eigenvalue weighted by molar-refractivity contribution is 0.161. The van der Waals surface area contributed by atoms with Crippen LogP contribution in [0.25, 0.3) is 0 Å². The Morgan fingerprint density at radius 3 is 2.10 bits per heavy atom. The largest absolute Gasteiger partial charge is 0.493 e. The molecule has 0 saturated carbocycles. The summed E-state index contributed by atoms with van der Waals surface area (Å²) >= 11 is 1.60. The Morgan fingerprint density at radius 2 is 1.50 bits per heavy atom. The van der Waals surface area contributed by atoms with Crippen LogP contribution in [0.5, 0.6) is 11.5 Å². The third-order valence-electron chi connectivity index (χ3n) is 4.52. The highest BCUT2D eigenvalue weighted by Gasteiger charge is 2.29. The zero-order chi connectivity index (χ0) is 21.1. The van der Waals surface area contributed by atoms with Gasteiger partial charge in [0.2, 0.25) is 0 Å². The van der Waals surface area contributed by atoms with E-state index in [-0.39, 0.29) is 5.84 Å². The number of amides is 1. The number of anilines is 2. The number of rotatable bonds is 4. The number of fused-ring (bicyclic) bond motifs is 2. The minimum absolute atomic E-state index is 0.0391. The number of methoxy groups -OCH3 is 2. The molecule has 0 spiro atoms. The molecular weight excluding hydrogens is 402 g/mol. The fourth-order valence-corrected chi connectivity index (χ4v) is 4.14. The Balaban J connectivity index is 1.62. The zero-order valence-electron chi connectivity index (χ0n) is 16.4. The Hall–Kier alpha value is -3.65. The third kappa shape index (κ3) is 3.65. The van der Waals surface area contributed by atoms with E-state index < -0.39 is 6.09 Å². The highest BCUT2D eigenvalue weighted by Crippen LogP contribution is 2.48. The highest BCUT2D eigenvalue weighted by molar-refractivity contribution is 7.99. The van der Waals surface area contributed by atoms with Gasteiger partial charge in [-0.25, -0.2) is 9.69 Å². The van der Waals surface area contributed by atoms with Gasteiger partial charge >= 0.3 is 6.09 Å². The third-order valence-corrected chi connectivity index (χ3v) is 5.65. The maximum absolute atomic E-state index is 13.0. The van der Waals surface area contributed by atoms with Crippen molar-refractivity contribution in [3.8, 4) is 11.5 Å². The van der Waals surface area contributed by atoms with E-state index in [0.717, 1.165) is 21.2 Å². The fraction of sp³-hybridized carbons (Fsp3) is 0.0909. The van der Waals surface area contributed by atoms with E-state index in [2.05, 4.69) is 5.16 Å². The van der Waals surface area contributed by atoms with Gasteiger partial charge in [-0.2, -0.15) is 0 Å². The van der Waals surface area contributed by atoms with Crippen molar-refractivity contribution in [3.05, 3.63) is 72.3 Å². The predicted octanol–water partition coefficient (Wildman–Crippen LogP) is 4.76. The molecule has 7 nitrogen and oxygen atoms in total. The predicted molar refractivity (Wildman–Crippen MR) is 116 cm³/mol. The second kappa shape index (κ2) is 8.38. The smallest absolute Gasteiger partial charge is 0.445 e. The molecule has 2 N–H and O–H groups in total. The molecule has 0 aromatic heterocycles. The van der Waals surface area contributed by atoms with Gasteiger partial charge < -0.3 is 15.2 Å². The lowest BCUT2D eigenvalue weighted by Crippen LogP contribution is -2.28. The molecule has 152 valence electrons. The molecule has 0 fully saturated rings. The van der Waals surface area contributed by atoms with Crippen LogP contribution in [-0.4, -0.2) is 26.1 Å². The maximum Gasteiger partial charge on any atom is 0.445 e. The molecule has 1 aliphatic rings. The van der Waals surface area contributed by atoms with Crippen LogP contribution in [0.15, 0.2) is 81.7 Å². The van der Waals surface area contributed by atoms with Crippen LogP contribution in [0.2, 0.25) is 0 Å².